The van der Waals surface area contributed by atoms with Crippen LogP contribution >= 0.6 is 0 Å². The summed E-state index contributed by atoms with van der Waals surface area (Å²) in [5.41, 5.74) is 3.41. The first kappa shape index (κ1) is 27.7. The summed E-state index contributed by atoms with van der Waals surface area (Å²) in [5, 5.41) is 5.73. The van der Waals surface area contributed by atoms with E-state index in [1.165, 1.54) is 12.1 Å². The standard InChI is InChI=1S/C32H39FN6O/c1-5-27(24-10-7-6-8-11-24)32(40)38-19-9-18-37(20-21-38)30-29-23(4)36-39(26-15-13-25(33)14-16-26)31(29)35-28(34-30)17-12-22(2)3/h6-8,10-11,13-16,22,27H,5,9,12,17-21H2,1-4H3. The van der Waals surface area contributed by atoms with Crippen LogP contribution in [0.15, 0.2) is 54.6 Å². The van der Waals surface area contributed by atoms with Gasteiger partial charge in [0, 0.05) is 32.6 Å². The molecular weight excluding hydrogens is 503 g/mol. The summed E-state index contributed by atoms with van der Waals surface area (Å²) >= 11 is 0. The second-order valence-electron chi connectivity index (χ2n) is 11.1. The molecule has 40 heavy (non-hydrogen) atoms. The topological polar surface area (TPSA) is 67.2 Å². The fourth-order valence-corrected chi connectivity index (χ4v) is 5.53. The van der Waals surface area contributed by atoms with Crippen LogP contribution in [-0.4, -0.2) is 56.7 Å². The number of aryl methyl sites for hydroxylation is 2. The van der Waals surface area contributed by atoms with Crippen molar-refractivity contribution in [1.82, 2.24) is 24.6 Å². The van der Waals surface area contributed by atoms with Crippen LogP contribution in [0.1, 0.15) is 63.0 Å². The Bertz CT molecular complexity index is 1450. The van der Waals surface area contributed by atoms with E-state index in [9.17, 15) is 9.18 Å². The minimum absolute atomic E-state index is 0.127. The first-order chi connectivity index (χ1) is 19.4. The number of carbonyl (C=O) groups excluding carboxylic acids is 1. The number of amides is 1. The Kier molecular flexibility index (Phi) is 8.43. The number of rotatable bonds is 8. The molecule has 210 valence electrons. The molecule has 2 aromatic carbocycles. The monoisotopic (exact) mass is 542 g/mol. The smallest absolute Gasteiger partial charge is 0.230 e. The van der Waals surface area contributed by atoms with Crippen molar-refractivity contribution in [2.45, 2.75) is 59.3 Å². The Morgan fingerprint density at radius 3 is 2.42 bits per heavy atom. The molecule has 1 aliphatic heterocycles. The first-order valence-corrected chi connectivity index (χ1v) is 14.5. The van der Waals surface area contributed by atoms with Crippen LogP contribution in [0.3, 0.4) is 0 Å². The summed E-state index contributed by atoms with van der Waals surface area (Å²) in [7, 11) is 0. The maximum atomic E-state index is 13.7. The van der Waals surface area contributed by atoms with Gasteiger partial charge in [0.05, 0.1) is 22.7 Å². The summed E-state index contributed by atoms with van der Waals surface area (Å²) < 4.78 is 15.5. The van der Waals surface area contributed by atoms with Crippen LogP contribution < -0.4 is 4.90 Å². The number of nitrogens with zero attached hydrogens (tertiary/aromatic N) is 6. The Balaban J connectivity index is 1.47. The van der Waals surface area contributed by atoms with E-state index in [2.05, 4.69) is 25.7 Å². The van der Waals surface area contributed by atoms with Gasteiger partial charge in [0.2, 0.25) is 5.91 Å². The van der Waals surface area contributed by atoms with Gasteiger partial charge in [-0.1, -0.05) is 51.1 Å². The zero-order valence-corrected chi connectivity index (χ0v) is 24.0. The van der Waals surface area contributed by atoms with Crippen molar-refractivity contribution in [2.75, 3.05) is 31.1 Å². The molecule has 8 heteroatoms. The average molecular weight is 543 g/mol. The number of fused-ring (bicyclic) bond motifs is 1. The lowest BCUT2D eigenvalue weighted by atomic mass is 9.95. The molecule has 0 bridgehead atoms. The van der Waals surface area contributed by atoms with E-state index >= 15 is 0 Å². The molecule has 0 radical (unpaired) electrons. The number of hydrogen-bond acceptors (Lipinski definition) is 5. The van der Waals surface area contributed by atoms with Gasteiger partial charge in [-0.2, -0.15) is 5.10 Å². The molecule has 1 fully saturated rings. The molecule has 1 unspecified atom stereocenters. The van der Waals surface area contributed by atoms with Gasteiger partial charge in [-0.3, -0.25) is 4.79 Å². The molecule has 1 atom stereocenters. The molecule has 5 rings (SSSR count). The van der Waals surface area contributed by atoms with E-state index < -0.39 is 0 Å². The van der Waals surface area contributed by atoms with Gasteiger partial charge in [0.1, 0.15) is 17.5 Å². The van der Waals surface area contributed by atoms with Crippen molar-refractivity contribution < 1.29 is 9.18 Å². The van der Waals surface area contributed by atoms with Crippen molar-refractivity contribution in [3.05, 3.63) is 77.5 Å². The number of anilines is 1. The van der Waals surface area contributed by atoms with Crippen LogP contribution in [-0.2, 0) is 11.2 Å². The van der Waals surface area contributed by atoms with Gasteiger partial charge in [0.25, 0.3) is 0 Å². The molecule has 2 aromatic heterocycles. The highest BCUT2D eigenvalue weighted by Gasteiger charge is 2.28. The average Bonchev–Trinajstić information content (AvgIpc) is 3.12. The Morgan fingerprint density at radius 1 is 0.975 bits per heavy atom. The fraction of sp³-hybridized carbons (Fsp3) is 0.438. The van der Waals surface area contributed by atoms with Crippen molar-refractivity contribution in [1.29, 1.82) is 0 Å². The van der Waals surface area contributed by atoms with Gasteiger partial charge in [-0.15, -0.1) is 0 Å². The third-order valence-electron chi connectivity index (χ3n) is 7.76. The summed E-state index contributed by atoms with van der Waals surface area (Å²) in [6.07, 6.45) is 3.38. The van der Waals surface area contributed by atoms with E-state index in [1.54, 1.807) is 16.8 Å². The Morgan fingerprint density at radius 2 is 1.73 bits per heavy atom. The van der Waals surface area contributed by atoms with Gasteiger partial charge in [0.15, 0.2) is 5.65 Å². The SMILES string of the molecule is CCC(C(=O)N1CCCN(c2nc(CCC(C)C)nc3c2c(C)nn3-c2ccc(F)cc2)CC1)c1ccccc1. The number of benzene rings is 2. The Labute approximate surface area is 236 Å². The molecule has 0 aliphatic carbocycles. The largest absolute Gasteiger partial charge is 0.354 e. The minimum Gasteiger partial charge on any atom is -0.354 e. The third kappa shape index (κ3) is 5.86. The van der Waals surface area contributed by atoms with Gasteiger partial charge < -0.3 is 9.80 Å². The lowest BCUT2D eigenvalue weighted by molar-refractivity contribution is -0.132. The van der Waals surface area contributed by atoms with E-state index in [0.29, 0.717) is 19.0 Å². The van der Waals surface area contributed by atoms with Crippen molar-refractivity contribution in [3.8, 4) is 5.69 Å². The van der Waals surface area contributed by atoms with Crippen LogP contribution in [0, 0.1) is 18.7 Å². The van der Waals surface area contributed by atoms with Crippen molar-refractivity contribution in [3.63, 3.8) is 0 Å². The molecule has 0 saturated carbocycles. The highest BCUT2D eigenvalue weighted by Crippen LogP contribution is 2.31. The molecular formula is C32H39FN6O. The highest BCUT2D eigenvalue weighted by atomic mass is 19.1. The number of halogens is 1. The summed E-state index contributed by atoms with van der Waals surface area (Å²) in [6, 6.07) is 16.4. The second kappa shape index (κ2) is 12.1. The highest BCUT2D eigenvalue weighted by molar-refractivity contribution is 5.91. The number of aromatic nitrogens is 4. The first-order valence-electron chi connectivity index (χ1n) is 14.5. The lowest BCUT2D eigenvalue weighted by Gasteiger charge is -2.27. The van der Waals surface area contributed by atoms with Crippen molar-refractivity contribution >= 4 is 22.8 Å². The predicted octanol–water partition coefficient (Wildman–Crippen LogP) is 6.08. The molecule has 1 saturated heterocycles. The summed E-state index contributed by atoms with van der Waals surface area (Å²) in [6.45, 7) is 11.3. The summed E-state index contributed by atoms with van der Waals surface area (Å²) in [5.74, 6) is 1.97. The minimum atomic E-state index is -0.286. The van der Waals surface area contributed by atoms with Crippen LogP contribution in [0.4, 0.5) is 10.2 Å². The van der Waals surface area contributed by atoms with Gasteiger partial charge in [-0.25, -0.2) is 19.0 Å². The molecule has 1 amide bonds. The van der Waals surface area contributed by atoms with E-state index in [1.807, 2.05) is 42.2 Å². The van der Waals surface area contributed by atoms with Gasteiger partial charge in [-0.05, 0) is 61.9 Å². The fourth-order valence-electron chi connectivity index (χ4n) is 5.53. The predicted molar refractivity (Wildman–Crippen MR) is 157 cm³/mol. The van der Waals surface area contributed by atoms with E-state index in [4.69, 9.17) is 15.1 Å². The lowest BCUT2D eigenvalue weighted by Crippen LogP contribution is -2.38. The van der Waals surface area contributed by atoms with Crippen LogP contribution in [0.2, 0.25) is 0 Å². The van der Waals surface area contributed by atoms with E-state index in [0.717, 1.165) is 78.4 Å². The molecule has 0 spiro atoms. The maximum Gasteiger partial charge on any atom is 0.230 e. The maximum absolute atomic E-state index is 13.7. The molecule has 1 aliphatic rings. The number of carbonyl (C=O) groups is 1. The Hall–Kier alpha value is -3.81. The molecule has 4 aromatic rings. The normalized spacial score (nSPS) is 15.1. The zero-order chi connectivity index (χ0) is 28.2. The number of hydrogen-bond donors (Lipinski definition) is 0. The van der Waals surface area contributed by atoms with Crippen molar-refractivity contribution in [2.24, 2.45) is 5.92 Å². The second-order valence-corrected chi connectivity index (χ2v) is 11.1. The molecule has 7 nitrogen and oxygen atoms in total. The van der Waals surface area contributed by atoms with Gasteiger partial charge >= 0.3 is 0 Å². The third-order valence-corrected chi connectivity index (χ3v) is 7.76. The van der Waals surface area contributed by atoms with Crippen LogP contribution in [0.25, 0.3) is 16.7 Å². The molecule has 0 N–H and O–H groups in total. The quantitative estimate of drug-likeness (QED) is 0.270. The van der Waals surface area contributed by atoms with E-state index in [-0.39, 0.29) is 17.6 Å². The zero-order valence-electron chi connectivity index (χ0n) is 24.0. The van der Waals surface area contributed by atoms with Crippen LogP contribution in [0.5, 0.6) is 0 Å². The summed E-state index contributed by atoms with van der Waals surface area (Å²) in [4.78, 5) is 28.0. The molecule has 3 heterocycles.